The van der Waals surface area contributed by atoms with Crippen molar-refractivity contribution in [2.45, 2.75) is 20.4 Å². The zero-order valence-electron chi connectivity index (χ0n) is 9.35. The monoisotopic (exact) mass is 279 g/mol. The van der Waals surface area contributed by atoms with Crippen LogP contribution in [0.1, 0.15) is 27.3 Å². The number of thiazole rings is 1. The number of aryl methyl sites for hydroxylation is 1. The third-order valence-electron chi connectivity index (χ3n) is 1.78. The number of aromatic nitrogens is 1. The Labute approximate surface area is 103 Å². The fourth-order valence-corrected chi connectivity index (χ4v) is 2.87. The summed E-state index contributed by atoms with van der Waals surface area (Å²) in [5.41, 5.74) is 0.389. The fraction of sp³-hybridized carbons (Fsp3) is 0.500. The Kier molecular flexibility index (Phi) is 4.57. The molecule has 7 nitrogen and oxygen atoms in total. The second-order valence-electron chi connectivity index (χ2n) is 3.15. The van der Waals surface area contributed by atoms with Crippen molar-refractivity contribution >= 4 is 27.5 Å². The third kappa shape index (κ3) is 4.04. The summed E-state index contributed by atoms with van der Waals surface area (Å²) >= 11 is 0.961. The molecule has 0 unspecified atom stereocenters. The predicted molar refractivity (Wildman–Crippen MR) is 63.2 cm³/mol. The van der Waals surface area contributed by atoms with Crippen molar-refractivity contribution in [3.63, 3.8) is 0 Å². The molecule has 0 spiro atoms. The molecule has 0 fully saturated rings. The Morgan fingerprint density at radius 2 is 2.12 bits per heavy atom. The first-order valence-corrected chi connectivity index (χ1v) is 7.09. The van der Waals surface area contributed by atoms with E-state index in [1.807, 2.05) is 0 Å². The number of nitrogens with one attached hydrogen (secondary N) is 2. The Bertz CT molecular complexity index is 509. The van der Waals surface area contributed by atoms with E-state index in [0.29, 0.717) is 10.7 Å². The van der Waals surface area contributed by atoms with Crippen molar-refractivity contribution in [2.75, 3.05) is 6.54 Å². The lowest BCUT2D eigenvalue weighted by Gasteiger charge is -2.03. The van der Waals surface area contributed by atoms with Crippen molar-refractivity contribution in [3.05, 3.63) is 15.6 Å². The highest BCUT2D eigenvalue weighted by Gasteiger charge is 2.15. The Balaban J connectivity index is 2.71. The number of carbonyl (C=O) groups is 1. The van der Waals surface area contributed by atoms with Gasteiger partial charge in [-0.1, -0.05) is 6.92 Å². The molecule has 0 amide bonds. The Morgan fingerprint density at radius 3 is 2.59 bits per heavy atom. The van der Waals surface area contributed by atoms with Crippen molar-refractivity contribution in [1.29, 1.82) is 0 Å². The van der Waals surface area contributed by atoms with Gasteiger partial charge in [0.05, 0.1) is 12.2 Å². The molecule has 9 heteroatoms. The number of nitrogens with zero attached hydrogens (tertiary/aromatic N) is 1. The van der Waals surface area contributed by atoms with Crippen LogP contribution >= 0.6 is 11.3 Å². The molecule has 0 aliphatic carbocycles. The molecule has 1 heterocycles. The standard InChI is InChI=1S/C8H13N3O4S2/c1-3-9-17(14,15)10-4-6-11-5(2)7(16-6)8(12)13/h9-10H,3-4H2,1-2H3,(H,12,13). The lowest BCUT2D eigenvalue weighted by Crippen LogP contribution is -2.35. The van der Waals surface area contributed by atoms with Crippen LogP contribution in [0.4, 0.5) is 0 Å². The van der Waals surface area contributed by atoms with Gasteiger partial charge in [0.15, 0.2) is 0 Å². The summed E-state index contributed by atoms with van der Waals surface area (Å²) in [6.45, 7) is 3.50. The van der Waals surface area contributed by atoms with Gasteiger partial charge in [0.1, 0.15) is 9.88 Å². The minimum atomic E-state index is -3.53. The van der Waals surface area contributed by atoms with Gasteiger partial charge < -0.3 is 5.11 Å². The second kappa shape index (κ2) is 5.54. The number of rotatable bonds is 6. The first-order chi connectivity index (χ1) is 7.85. The minimum absolute atomic E-state index is 0.0197. The fourth-order valence-electron chi connectivity index (χ4n) is 1.12. The summed E-state index contributed by atoms with van der Waals surface area (Å²) < 4.78 is 27.1. The summed E-state index contributed by atoms with van der Waals surface area (Å²) in [6, 6.07) is 0. The van der Waals surface area contributed by atoms with Gasteiger partial charge in [-0.05, 0) is 6.92 Å². The smallest absolute Gasteiger partial charge is 0.347 e. The zero-order valence-corrected chi connectivity index (χ0v) is 11.0. The maximum atomic E-state index is 11.3. The van der Waals surface area contributed by atoms with Crippen LogP contribution in [0.3, 0.4) is 0 Å². The Hall–Kier alpha value is -1.03. The highest BCUT2D eigenvalue weighted by atomic mass is 32.2. The molecule has 3 N–H and O–H groups in total. The van der Waals surface area contributed by atoms with Crippen molar-refractivity contribution in [2.24, 2.45) is 0 Å². The van der Waals surface area contributed by atoms with Crippen LogP contribution in [-0.2, 0) is 16.8 Å². The van der Waals surface area contributed by atoms with Crippen LogP contribution in [0.2, 0.25) is 0 Å². The lowest BCUT2D eigenvalue weighted by molar-refractivity contribution is 0.0701. The van der Waals surface area contributed by atoms with Gasteiger partial charge >= 0.3 is 5.97 Å². The molecular weight excluding hydrogens is 266 g/mol. The van der Waals surface area contributed by atoms with E-state index in [9.17, 15) is 13.2 Å². The SMILES string of the molecule is CCNS(=O)(=O)NCc1nc(C)c(C(=O)O)s1. The topological polar surface area (TPSA) is 108 Å². The van der Waals surface area contributed by atoms with Crippen LogP contribution in [0.15, 0.2) is 0 Å². The lowest BCUT2D eigenvalue weighted by atomic mass is 10.4. The van der Waals surface area contributed by atoms with E-state index in [1.54, 1.807) is 13.8 Å². The molecule has 0 radical (unpaired) electrons. The van der Waals surface area contributed by atoms with Gasteiger partial charge in [-0.2, -0.15) is 13.1 Å². The van der Waals surface area contributed by atoms with Crippen molar-refractivity contribution in [1.82, 2.24) is 14.4 Å². The van der Waals surface area contributed by atoms with Gasteiger partial charge in [0, 0.05) is 6.54 Å². The van der Waals surface area contributed by atoms with Crippen LogP contribution in [0, 0.1) is 6.92 Å². The van der Waals surface area contributed by atoms with E-state index in [4.69, 9.17) is 5.11 Å². The molecule has 96 valence electrons. The number of hydrogen-bond donors (Lipinski definition) is 3. The Morgan fingerprint density at radius 1 is 1.47 bits per heavy atom. The van der Waals surface area contributed by atoms with E-state index in [-0.39, 0.29) is 18.0 Å². The van der Waals surface area contributed by atoms with E-state index in [0.717, 1.165) is 11.3 Å². The molecular formula is C8H13N3O4S2. The average Bonchev–Trinajstić information content (AvgIpc) is 2.57. The summed E-state index contributed by atoms with van der Waals surface area (Å²) in [5.74, 6) is -1.05. The van der Waals surface area contributed by atoms with Crippen LogP contribution in [-0.4, -0.2) is 31.0 Å². The van der Waals surface area contributed by atoms with Gasteiger partial charge in [-0.25, -0.2) is 14.5 Å². The number of aromatic carboxylic acids is 1. The number of hydrogen-bond acceptors (Lipinski definition) is 5. The van der Waals surface area contributed by atoms with E-state index >= 15 is 0 Å². The predicted octanol–water partition coefficient (Wildman–Crippen LogP) is 0.0936. The first kappa shape index (κ1) is 14.0. The minimum Gasteiger partial charge on any atom is -0.477 e. The van der Waals surface area contributed by atoms with E-state index < -0.39 is 16.2 Å². The molecule has 1 aromatic rings. The molecule has 0 saturated heterocycles. The first-order valence-electron chi connectivity index (χ1n) is 4.79. The molecule has 0 aliphatic heterocycles. The largest absolute Gasteiger partial charge is 0.477 e. The number of carboxylic acid groups (broad SMARTS) is 1. The normalized spacial score (nSPS) is 11.6. The maximum Gasteiger partial charge on any atom is 0.347 e. The van der Waals surface area contributed by atoms with Gasteiger partial charge in [-0.15, -0.1) is 11.3 Å². The number of carboxylic acids is 1. The summed E-state index contributed by atoms with van der Waals surface area (Å²) in [4.78, 5) is 14.9. The molecule has 0 aromatic carbocycles. The van der Waals surface area contributed by atoms with Crippen molar-refractivity contribution < 1.29 is 18.3 Å². The van der Waals surface area contributed by atoms with Crippen LogP contribution in [0.5, 0.6) is 0 Å². The highest BCUT2D eigenvalue weighted by molar-refractivity contribution is 7.87. The summed E-state index contributed by atoms with van der Waals surface area (Å²) in [5, 5.41) is 9.23. The quantitative estimate of drug-likeness (QED) is 0.684. The van der Waals surface area contributed by atoms with Crippen molar-refractivity contribution in [3.8, 4) is 0 Å². The van der Waals surface area contributed by atoms with E-state index in [2.05, 4.69) is 14.4 Å². The maximum absolute atomic E-state index is 11.3. The average molecular weight is 279 g/mol. The second-order valence-corrected chi connectivity index (χ2v) is 5.82. The molecule has 0 bridgehead atoms. The summed E-state index contributed by atoms with van der Waals surface area (Å²) in [6.07, 6.45) is 0. The van der Waals surface area contributed by atoms with Crippen LogP contribution < -0.4 is 9.44 Å². The molecule has 0 aliphatic rings. The molecule has 0 atom stereocenters. The van der Waals surface area contributed by atoms with Gasteiger partial charge in [-0.3, -0.25) is 0 Å². The van der Waals surface area contributed by atoms with Gasteiger partial charge in [0.25, 0.3) is 10.2 Å². The van der Waals surface area contributed by atoms with Gasteiger partial charge in [0.2, 0.25) is 0 Å². The van der Waals surface area contributed by atoms with Crippen LogP contribution in [0.25, 0.3) is 0 Å². The molecule has 1 aromatic heterocycles. The molecule has 17 heavy (non-hydrogen) atoms. The zero-order chi connectivity index (χ0) is 13.1. The highest BCUT2D eigenvalue weighted by Crippen LogP contribution is 2.17. The summed E-state index contributed by atoms with van der Waals surface area (Å²) in [7, 11) is -3.53. The van der Waals surface area contributed by atoms with E-state index in [1.165, 1.54) is 0 Å². The third-order valence-corrected chi connectivity index (χ3v) is 4.12. The molecule has 0 saturated carbocycles. The molecule has 1 rings (SSSR count).